The summed E-state index contributed by atoms with van der Waals surface area (Å²) in [6.45, 7) is 0. The Morgan fingerprint density at radius 1 is 1.17 bits per heavy atom. The van der Waals surface area contributed by atoms with Crippen LogP contribution in [-0.4, -0.2) is 5.91 Å². The van der Waals surface area contributed by atoms with Crippen molar-refractivity contribution in [2.75, 3.05) is 5.32 Å². The SMILES string of the molecule is O=C(Nc1cccc(F)c1)c1ccc(CBr)cc1. The first-order valence-corrected chi connectivity index (χ1v) is 6.53. The molecule has 0 bridgehead atoms. The molecule has 1 amide bonds. The molecule has 0 heterocycles. The minimum absolute atomic E-state index is 0.248. The van der Waals surface area contributed by atoms with Crippen LogP contribution in [0, 0.1) is 5.82 Å². The van der Waals surface area contributed by atoms with Crippen LogP contribution in [-0.2, 0) is 5.33 Å². The van der Waals surface area contributed by atoms with Gasteiger partial charge in [-0.25, -0.2) is 4.39 Å². The molecule has 0 saturated heterocycles. The molecule has 92 valence electrons. The van der Waals surface area contributed by atoms with E-state index in [1.165, 1.54) is 12.1 Å². The highest BCUT2D eigenvalue weighted by Crippen LogP contribution is 2.12. The van der Waals surface area contributed by atoms with E-state index < -0.39 is 0 Å². The number of carbonyl (C=O) groups is 1. The van der Waals surface area contributed by atoms with Crippen LogP contribution >= 0.6 is 15.9 Å². The van der Waals surface area contributed by atoms with Gasteiger partial charge in [0.05, 0.1) is 0 Å². The third-order valence-electron chi connectivity index (χ3n) is 2.45. The zero-order chi connectivity index (χ0) is 13.0. The first kappa shape index (κ1) is 12.8. The highest BCUT2D eigenvalue weighted by molar-refractivity contribution is 9.08. The first-order chi connectivity index (χ1) is 8.69. The highest BCUT2D eigenvalue weighted by Gasteiger charge is 2.06. The standard InChI is InChI=1S/C14H11BrFNO/c15-9-10-4-6-11(7-5-10)14(18)17-13-3-1-2-12(16)8-13/h1-8H,9H2,(H,17,18). The van der Waals surface area contributed by atoms with Crippen LogP contribution in [0.15, 0.2) is 48.5 Å². The fourth-order valence-electron chi connectivity index (χ4n) is 1.51. The topological polar surface area (TPSA) is 29.1 Å². The fraction of sp³-hybridized carbons (Fsp3) is 0.0714. The number of anilines is 1. The van der Waals surface area contributed by atoms with E-state index >= 15 is 0 Å². The molecule has 1 N–H and O–H groups in total. The molecule has 0 radical (unpaired) electrons. The van der Waals surface area contributed by atoms with E-state index in [9.17, 15) is 9.18 Å². The minimum atomic E-state index is -0.373. The average molecular weight is 308 g/mol. The van der Waals surface area contributed by atoms with Crippen LogP contribution in [0.1, 0.15) is 15.9 Å². The third kappa shape index (κ3) is 3.17. The van der Waals surface area contributed by atoms with E-state index in [0.717, 1.165) is 10.9 Å². The van der Waals surface area contributed by atoms with Gasteiger partial charge in [-0.2, -0.15) is 0 Å². The van der Waals surface area contributed by atoms with Gasteiger partial charge < -0.3 is 5.32 Å². The second kappa shape index (κ2) is 5.78. The Morgan fingerprint density at radius 2 is 1.89 bits per heavy atom. The van der Waals surface area contributed by atoms with Gasteiger partial charge in [0.1, 0.15) is 5.82 Å². The number of hydrogen-bond donors (Lipinski definition) is 1. The molecule has 2 nitrogen and oxygen atoms in total. The maximum atomic E-state index is 13.0. The Hall–Kier alpha value is -1.68. The van der Waals surface area contributed by atoms with Gasteiger partial charge in [-0.1, -0.05) is 34.1 Å². The number of rotatable bonds is 3. The van der Waals surface area contributed by atoms with E-state index in [-0.39, 0.29) is 11.7 Å². The Labute approximate surface area is 113 Å². The second-order valence-corrected chi connectivity index (χ2v) is 4.36. The number of hydrogen-bond acceptors (Lipinski definition) is 1. The van der Waals surface area contributed by atoms with E-state index in [4.69, 9.17) is 0 Å². The van der Waals surface area contributed by atoms with E-state index in [1.807, 2.05) is 12.1 Å². The molecule has 4 heteroatoms. The fourth-order valence-corrected chi connectivity index (χ4v) is 1.89. The van der Waals surface area contributed by atoms with Gasteiger partial charge in [-0.05, 0) is 35.9 Å². The summed E-state index contributed by atoms with van der Waals surface area (Å²) in [6.07, 6.45) is 0. The summed E-state index contributed by atoms with van der Waals surface area (Å²) in [5.74, 6) is -0.621. The third-order valence-corrected chi connectivity index (χ3v) is 3.10. The van der Waals surface area contributed by atoms with Gasteiger partial charge in [0.2, 0.25) is 0 Å². The minimum Gasteiger partial charge on any atom is -0.322 e. The van der Waals surface area contributed by atoms with Crippen LogP contribution in [0.2, 0.25) is 0 Å². The van der Waals surface area contributed by atoms with Gasteiger partial charge in [0.15, 0.2) is 0 Å². The summed E-state index contributed by atoms with van der Waals surface area (Å²) >= 11 is 3.34. The van der Waals surface area contributed by atoms with Crippen molar-refractivity contribution < 1.29 is 9.18 Å². The molecule has 0 fully saturated rings. The molecule has 0 aromatic heterocycles. The number of alkyl halides is 1. The quantitative estimate of drug-likeness (QED) is 0.854. The summed E-state index contributed by atoms with van der Waals surface area (Å²) in [5.41, 5.74) is 2.09. The Bertz CT molecular complexity index is 554. The van der Waals surface area contributed by atoms with Crippen molar-refractivity contribution in [1.82, 2.24) is 0 Å². The molecule has 0 aliphatic rings. The monoisotopic (exact) mass is 307 g/mol. The lowest BCUT2D eigenvalue weighted by atomic mass is 10.1. The van der Waals surface area contributed by atoms with E-state index in [0.29, 0.717) is 11.3 Å². The maximum absolute atomic E-state index is 13.0. The van der Waals surface area contributed by atoms with Gasteiger partial charge in [-0.15, -0.1) is 0 Å². The number of carbonyl (C=O) groups excluding carboxylic acids is 1. The van der Waals surface area contributed by atoms with Gasteiger partial charge in [0, 0.05) is 16.6 Å². The number of nitrogens with one attached hydrogen (secondary N) is 1. The largest absolute Gasteiger partial charge is 0.322 e. The molecule has 2 rings (SSSR count). The number of benzene rings is 2. The molecule has 0 atom stereocenters. The molecule has 0 unspecified atom stereocenters. The molecule has 2 aromatic rings. The van der Waals surface area contributed by atoms with Gasteiger partial charge in [-0.3, -0.25) is 4.79 Å². The molecule has 2 aromatic carbocycles. The summed E-state index contributed by atoms with van der Waals surface area (Å²) in [6, 6.07) is 13.0. The second-order valence-electron chi connectivity index (χ2n) is 3.80. The van der Waals surface area contributed by atoms with Crippen LogP contribution in [0.4, 0.5) is 10.1 Å². The van der Waals surface area contributed by atoms with Crippen molar-refractivity contribution in [1.29, 1.82) is 0 Å². The predicted octanol–water partition coefficient (Wildman–Crippen LogP) is 3.97. The Kier molecular flexibility index (Phi) is 4.10. The molecule has 0 saturated carbocycles. The summed E-state index contributed by atoms with van der Waals surface area (Å²) < 4.78 is 13.0. The maximum Gasteiger partial charge on any atom is 0.255 e. The molecule has 18 heavy (non-hydrogen) atoms. The zero-order valence-electron chi connectivity index (χ0n) is 9.49. The summed E-state index contributed by atoms with van der Waals surface area (Å²) in [7, 11) is 0. The molecule has 0 spiro atoms. The Balaban J connectivity index is 2.11. The van der Waals surface area contributed by atoms with Crippen molar-refractivity contribution in [2.24, 2.45) is 0 Å². The van der Waals surface area contributed by atoms with Gasteiger partial charge in [0.25, 0.3) is 5.91 Å². The highest BCUT2D eigenvalue weighted by atomic mass is 79.9. The molecular formula is C14H11BrFNO. The van der Waals surface area contributed by atoms with Gasteiger partial charge >= 0.3 is 0 Å². The Morgan fingerprint density at radius 3 is 2.50 bits per heavy atom. The number of halogens is 2. The van der Waals surface area contributed by atoms with Crippen LogP contribution in [0.25, 0.3) is 0 Å². The van der Waals surface area contributed by atoms with Crippen molar-refractivity contribution >= 4 is 27.5 Å². The first-order valence-electron chi connectivity index (χ1n) is 5.41. The van der Waals surface area contributed by atoms with Crippen LogP contribution in [0.3, 0.4) is 0 Å². The molecule has 0 aliphatic heterocycles. The van der Waals surface area contributed by atoms with E-state index in [2.05, 4.69) is 21.2 Å². The average Bonchev–Trinajstić information content (AvgIpc) is 2.39. The van der Waals surface area contributed by atoms with Crippen LogP contribution < -0.4 is 5.32 Å². The summed E-state index contributed by atoms with van der Waals surface area (Å²) in [5, 5.41) is 3.39. The summed E-state index contributed by atoms with van der Waals surface area (Å²) in [4.78, 5) is 11.9. The predicted molar refractivity (Wildman–Crippen MR) is 73.4 cm³/mol. The van der Waals surface area contributed by atoms with Crippen molar-refractivity contribution in [3.63, 3.8) is 0 Å². The molecular weight excluding hydrogens is 297 g/mol. The van der Waals surface area contributed by atoms with Crippen molar-refractivity contribution in [2.45, 2.75) is 5.33 Å². The van der Waals surface area contributed by atoms with Crippen molar-refractivity contribution in [3.05, 3.63) is 65.5 Å². The van der Waals surface area contributed by atoms with Crippen LogP contribution in [0.5, 0.6) is 0 Å². The number of amides is 1. The smallest absolute Gasteiger partial charge is 0.255 e. The lowest BCUT2D eigenvalue weighted by molar-refractivity contribution is 0.102. The normalized spacial score (nSPS) is 10.1. The lowest BCUT2D eigenvalue weighted by Gasteiger charge is -2.05. The van der Waals surface area contributed by atoms with E-state index in [1.54, 1.807) is 24.3 Å². The zero-order valence-corrected chi connectivity index (χ0v) is 11.1. The lowest BCUT2D eigenvalue weighted by Crippen LogP contribution is -2.11. The van der Waals surface area contributed by atoms with Crippen molar-refractivity contribution in [3.8, 4) is 0 Å². The molecule has 0 aliphatic carbocycles.